The van der Waals surface area contributed by atoms with Gasteiger partial charge < -0.3 is 10.6 Å². The van der Waals surface area contributed by atoms with E-state index in [9.17, 15) is 4.79 Å². The van der Waals surface area contributed by atoms with Gasteiger partial charge in [0.2, 0.25) is 0 Å². The van der Waals surface area contributed by atoms with Crippen LogP contribution in [0.2, 0.25) is 0 Å². The van der Waals surface area contributed by atoms with Gasteiger partial charge in [-0.3, -0.25) is 4.79 Å². The van der Waals surface area contributed by atoms with Crippen LogP contribution in [-0.4, -0.2) is 22.9 Å². The van der Waals surface area contributed by atoms with Crippen molar-refractivity contribution in [2.24, 2.45) is 0 Å². The average molecular weight is 269 g/mol. The number of nitrogens with zero attached hydrogens (tertiary/aromatic N) is 1. The van der Waals surface area contributed by atoms with Crippen LogP contribution in [0, 0.1) is 0 Å². The number of anilines is 1. The van der Waals surface area contributed by atoms with Crippen LogP contribution < -0.4 is 5.73 Å². The molecule has 3 nitrogen and oxygen atoms in total. The van der Waals surface area contributed by atoms with E-state index in [1.807, 2.05) is 17.0 Å². The van der Waals surface area contributed by atoms with Crippen LogP contribution in [0.4, 0.5) is 5.69 Å². The molecule has 1 amide bonds. The molecule has 1 aromatic rings. The van der Waals surface area contributed by atoms with E-state index >= 15 is 0 Å². The molecule has 1 aromatic carbocycles. The van der Waals surface area contributed by atoms with E-state index in [2.05, 4.69) is 13.8 Å². The molecule has 0 aromatic heterocycles. The largest absolute Gasteiger partial charge is 0.399 e. The summed E-state index contributed by atoms with van der Waals surface area (Å²) in [5.41, 5.74) is 7.07. The zero-order valence-electron chi connectivity index (χ0n) is 10.9. The van der Waals surface area contributed by atoms with Crippen LogP contribution >= 0.6 is 12.4 Å². The Labute approximate surface area is 115 Å². The zero-order valence-corrected chi connectivity index (χ0v) is 11.7. The van der Waals surface area contributed by atoms with Gasteiger partial charge in [0.25, 0.3) is 5.91 Å². The van der Waals surface area contributed by atoms with Crippen LogP contribution in [0.3, 0.4) is 0 Å². The second-order valence-corrected chi connectivity index (χ2v) is 5.02. The van der Waals surface area contributed by atoms with E-state index in [1.165, 1.54) is 6.42 Å². The van der Waals surface area contributed by atoms with Crippen molar-refractivity contribution < 1.29 is 4.79 Å². The third kappa shape index (κ3) is 2.96. The van der Waals surface area contributed by atoms with Gasteiger partial charge in [0, 0.05) is 23.3 Å². The topological polar surface area (TPSA) is 46.3 Å². The molecule has 100 valence electrons. The minimum atomic E-state index is 0. The highest BCUT2D eigenvalue weighted by atomic mass is 35.5. The number of carbonyl (C=O) groups excluding carboxylic acids is 1. The van der Waals surface area contributed by atoms with Crippen molar-refractivity contribution in [3.8, 4) is 0 Å². The molecular formula is C14H21ClN2O. The first-order valence-electron chi connectivity index (χ1n) is 6.28. The molecule has 1 saturated carbocycles. The van der Waals surface area contributed by atoms with Gasteiger partial charge in [-0.25, -0.2) is 0 Å². The highest BCUT2D eigenvalue weighted by Gasteiger charge is 2.31. The van der Waals surface area contributed by atoms with Crippen LogP contribution in [0.25, 0.3) is 0 Å². The molecule has 18 heavy (non-hydrogen) atoms. The van der Waals surface area contributed by atoms with Gasteiger partial charge in [0.15, 0.2) is 0 Å². The molecule has 0 unspecified atom stereocenters. The molecule has 0 aliphatic heterocycles. The van der Waals surface area contributed by atoms with Gasteiger partial charge in [0.1, 0.15) is 0 Å². The van der Waals surface area contributed by atoms with E-state index in [0.717, 1.165) is 12.8 Å². The Hall–Kier alpha value is -1.22. The average Bonchev–Trinajstić information content (AvgIpc) is 2.21. The molecule has 4 heteroatoms. The summed E-state index contributed by atoms with van der Waals surface area (Å²) in [5.74, 6) is 0.108. The Morgan fingerprint density at radius 1 is 1.39 bits per heavy atom. The van der Waals surface area contributed by atoms with E-state index in [1.54, 1.807) is 12.1 Å². The lowest BCUT2D eigenvalue weighted by Gasteiger charge is -2.40. The summed E-state index contributed by atoms with van der Waals surface area (Å²) in [5, 5.41) is 0. The monoisotopic (exact) mass is 268 g/mol. The van der Waals surface area contributed by atoms with Gasteiger partial charge in [-0.15, -0.1) is 12.4 Å². The Kier molecular flexibility index (Phi) is 5.03. The van der Waals surface area contributed by atoms with Crippen molar-refractivity contribution in [2.45, 2.75) is 45.2 Å². The number of hydrogen-bond donors (Lipinski definition) is 1. The molecule has 0 atom stereocenters. The summed E-state index contributed by atoms with van der Waals surface area (Å²) < 4.78 is 0. The number of nitrogen functional groups attached to an aromatic ring is 1. The molecular weight excluding hydrogens is 248 g/mol. The molecule has 1 fully saturated rings. The first kappa shape index (κ1) is 14.8. The number of halogens is 1. The maximum atomic E-state index is 12.4. The number of amides is 1. The fourth-order valence-corrected chi connectivity index (χ4v) is 2.31. The molecule has 0 spiro atoms. The summed E-state index contributed by atoms with van der Waals surface area (Å²) >= 11 is 0. The maximum Gasteiger partial charge on any atom is 0.254 e. The Morgan fingerprint density at radius 2 is 2.06 bits per heavy atom. The SMILES string of the molecule is CC(C)N(C(=O)c1cccc(N)c1)C1CCC1.Cl. The number of rotatable bonds is 3. The van der Waals surface area contributed by atoms with Crippen molar-refractivity contribution >= 4 is 24.0 Å². The highest BCUT2D eigenvalue weighted by Crippen LogP contribution is 2.28. The smallest absolute Gasteiger partial charge is 0.254 e. The Balaban J connectivity index is 0.00000162. The molecule has 1 aliphatic rings. The third-order valence-corrected chi connectivity index (χ3v) is 3.39. The van der Waals surface area contributed by atoms with Crippen molar-refractivity contribution in [2.75, 3.05) is 5.73 Å². The van der Waals surface area contributed by atoms with Crippen LogP contribution in [0.15, 0.2) is 24.3 Å². The minimum absolute atomic E-state index is 0. The van der Waals surface area contributed by atoms with E-state index in [0.29, 0.717) is 17.3 Å². The zero-order chi connectivity index (χ0) is 12.4. The molecule has 0 heterocycles. The highest BCUT2D eigenvalue weighted by molar-refractivity contribution is 5.95. The first-order valence-corrected chi connectivity index (χ1v) is 6.28. The summed E-state index contributed by atoms with van der Waals surface area (Å²) in [4.78, 5) is 14.4. The van der Waals surface area contributed by atoms with Gasteiger partial charge >= 0.3 is 0 Å². The summed E-state index contributed by atoms with van der Waals surface area (Å²) in [6, 6.07) is 7.91. The van der Waals surface area contributed by atoms with Crippen LogP contribution in [0.1, 0.15) is 43.5 Å². The molecule has 0 saturated heterocycles. The predicted molar refractivity (Wildman–Crippen MR) is 77.0 cm³/mol. The van der Waals surface area contributed by atoms with Crippen LogP contribution in [-0.2, 0) is 0 Å². The molecule has 0 radical (unpaired) electrons. The van der Waals surface area contributed by atoms with Gasteiger partial charge in [-0.05, 0) is 51.3 Å². The van der Waals surface area contributed by atoms with Crippen molar-refractivity contribution in [3.63, 3.8) is 0 Å². The molecule has 1 aliphatic carbocycles. The number of benzene rings is 1. The molecule has 2 N–H and O–H groups in total. The quantitative estimate of drug-likeness (QED) is 0.857. The van der Waals surface area contributed by atoms with E-state index in [-0.39, 0.29) is 24.4 Å². The second-order valence-electron chi connectivity index (χ2n) is 5.02. The lowest BCUT2D eigenvalue weighted by Crippen LogP contribution is -2.48. The first-order chi connectivity index (χ1) is 8.09. The standard InChI is InChI=1S/C14H20N2O.ClH/c1-10(2)16(13-7-4-8-13)14(17)11-5-3-6-12(15)9-11;/h3,5-6,9-10,13H,4,7-8,15H2,1-2H3;1H. The summed E-state index contributed by atoms with van der Waals surface area (Å²) in [6.07, 6.45) is 3.50. The van der Waals surface area contributed by atoms with E-state index < -0.39 is 0 Å². The fraction of sp³-hybridized carbons (Fsp3) is 0.500. The summed E-state index contributed by atoms with van der Waals surface area (Å²) in [7, 11) is 0. The van der Waals surface area contributed by atoms with Gasteiger partial charge in [0.05, 0.1) is 0 Å². The molecule has 0 bridgehead atoms. The lowest BCUT2D eigenvalue weighted by atomic mass is 9.90. The third-order valence-electron chi connectivity index (χ3n) is 3.39. The Bertz CT molecular complexity index is 416. The number of nitrogens with two attached hydrogens (primary N) is 1. The van der Waals surface area contributed by atoms with Gasteiger partial charge in [-0.1, -0.05) is 6.07 Å². The molecule has 2 rings (SSSR count). The second kappa shape index (κ2) is 6.10. The van der Waals surface area contributed by atoms with E-state index in [4.69, 9.17) is 5.73 Å². The lowest BCUT2D eigenvalue weighted by molar-refractivity contribution is 0.0489. The number of hydrogen-bond acceptors (Lipinski definition) is 2. The predicted octanol–water partition coefficient (Wildman–Crippen LogP) is 3.09. The van der Waals surface area contributed by atoms with Gasteiger partial charge in [-0.2, -0.15) is 0 Å². The van der Waals surface area contributed by atoms with Crippen molar-refractivity contribution in [1.82, 2.24) is 4.90 Å². The Morgan fingerprint density at radius 3 is 2.50 bits per heavy atom. The maximum absolute atomic E-state index is 12.4. The summed E-state index contributed by atoms with van der Waals surface area (Å²) in [6.45, 7) is 4.14. The normalized spacial score (nSPS) is 14.8. The van der Waals surface area contributed by atoms with Crippen molar-refractivity contribution in [1.29, 1.82) is 0 Å². The van der Waals surface area contributed by atoms with Crippen LogP contribution in [0.5, 0.6) is 0 Å². The fourth-order valence-electron chi connectivity index (χ4n) is 2.31. The van der Waals surface area contributed by atoms with Crippen molar-refractivity contribution in [3.05, 3.63) is 29.8 Å². The number of carbonyl (C=O) groups is 1. The minimum Gasteiger partial charge on any atom is -0.399 e.